The summed E-state index contributed by atoms with van der Waals surface area (Å²) in [7, 11) is 0. The maximum absolute atomic E-state index is 11.5. The number of epoxide rings is 1. The van der Waals surface area contributed by atoms with Crippen molar-refractivity contribution in [2.75, 3.05) is 0 Å². The van der Waals surface area contributed by atoms with Gasteiger partial charge < -0.3 is 9.47 Å². The number of hydrogen-bond acceptors (Lipinski definition) is 3. The molecular formula is C13H22O3. The Kier molecular flexibility index (Phi) is 5.00. The molecule has 0 aromatic carbocycles. The van der Waals surface area contributed by atoms with E-state index in [0.29, 0.717) is 0 Å². The molecule has 1 saturated heterocycles. The van der Waals surface area contributed by atoms with Gasteiger partial charge in [0.05, 0.1) is 6.10 Å². The molecule has 16 heavy (non-hydrogen) atoms. The van der Waals surface area contributed by atoms with Gasteiger partial charge in [-0.05, 0) is 32.3 Å². The van der Waals surface area contributed by atoms with E-state index >= 15 is 0 Å². The van der Waals surface area contributed by atoms with Crippen molar-refractivity contribution in [3.63, 3.8) is 0 Å². The minimum absolute atomic E-state index is 0.0252. The fourth-order valence-corrected chi connectivity index (χ4v) is 1.66. The molecule has 1 rings (SSSR count). The number of unbranched alkanes of at least 4 members (excludes halogenated alkanes) is 1. The van der Waals surface area contributed by atoms with Crippen molar-refractivity contribution in [1.29, 1.82) is 0 Å². The highest BCUT2D eigenvalue weighted by atomic mass is 16.6. The van der Waals surface area contributed by atoms with Crippen LogP contribution in [0.2, 0.25) is 0 Å². The summed E-state index contributed by atoms with van der Waals surface area (Å²) < 4.78 is 10.5. The molecule has 92 valence electrons. The second-order valence-corrected chi connectivity index (χ2v) is 4.38. The molecule has 1 heterocycles. The molecular weight excluding hydrogens is 204 g/mol. The Balaban J connectivity index is 2.44. The molecule has 0 radical (unpaired) electrons. The third-order valence-electron chi connectivity index (χ3n) is 2.54. The topological polar surface area (TPSA) is 38.8 Å². The van der Waals surface area contributed by atoms with Gasteiger partial charge in [-0.2, -0.15) is 0 Å². The lowest BCUT2D eigenvalue weighted by Gasteiger charge is -2.05. The van der Waals surface area contributed by atoms with Gasteiger partial charge in [-0.3, -0.25) is 0 Å². The molecule has 0 unspecified atom stereocenters. The van der Waals surface area contributed by atoms with Crippen LogP contribution in [0.25, 0.3) is 0 Å². The van der Waals surface area contributed by atoms with Gasteiger partial charge in [0.25, 0.3) is 0 Å². The molecule has 0 saturated carbocycles. The third kappa shape index (κ3) is 3.63. The highest BCUT2D eigenvalue weighted by molar-refractivity contribution is 5.79. The Morgan fingerprint density at radius 1 is 1.38 bits per heavy atom. The number of rotatable bonds is 6. The fraction of sp³-hybridized carbons (Fsp3) is 0.769. The van der Waals surface area contributed by atoms with E-state index in [1.54, 1.807) is 0 Å². The highest BCUT2D eigenvalue weighted by Gasteiger charge is 2.48. The normalized spacial score (nSPS) is 24.7. The van der Waals surface area contributed by atoms with E-state index in [-0.39, 0.29) is 24.3 Å². The quantitative estimate of drug-likeness (QED) is 0.397. The Hall–Kier alpha value is -0.830. The summed E-state index contributed by atoms with van der Waals surface area (Å²) in [5.41, 5.74) is 1.23. The predicted octanol–water partition coefficient (Wildman–Crippen LogP) is 2.84. The molecule has 0 N–H and O–H groups in total. The maximum atomic E-state index is 11.5. The lowest BCUT2D eigenvalue weighted by molar-refractivity contribution is -0.148. The first kappa shape index (κ1) is 13.2. The van der Waals surface area contributed by atoms with E-state index in [1.807, 2.05) is 13.8 Å². The molecule has 0 aliphatic carbocycles. The van der Waals surface area contributed by atoms with Crippen molar-refractivity contribution in [2.24, 2.45) is 0 Å². The SMILES string of the molecule is CCC/C=C(\CC)[C@H]1O[C@H]1C(=O)OC(C)C. The van der Waals surface area contributed by atoms with Gasteiger partial charge in [-0.1, -0.05) is 26.3 Å². The zero-order valence-electron chi connectivity index (χ0n) is 10.7. The summed E-state index contributed by atoms with van der Waals surface area (Å²) >= 11 is 0. The summed E-state index contributed by atoms with van der Waals surface area (Å²) in [5, 5.41) is 0. The average molecular weight is 226 g/mol. The monoisotopic (exact) mass is 226 g/mol. The van der Waals surface area contributed by atoms with E-state index < -0.39 is 0 Å². The Labute approximate surface area is 97.8 Å². The van der Waals surface area contributed by atoms with Gasteiger partial charge in [0.2, 0.25) is 0 Å². The predicted molar refractivity (Wildman–Crippen MR) is 63.2 cm³/mol. The molecule has 3 nitrogen and oxygen atoms in total. The van der Waals surface area contributed by atoms with E-state index in [9.17, 15) is 4.79 Å². The number of carbonyl (C=O) groups is 1. The van der Waals surface area contributed by atoms with Crippen molar-refractivity contribution >= 4 is 5.97 Å². The van der Waals surface area contributed by atoms with E-state index in [4.69, 9.17) is 9.47 Å². The number of esters is 1. The zero-order valence-corrected chi connectivity index (χ0v) is 10.7. The first-order chi connectivity index (χ1) is 7.60. The van der Waals surface area contributed by atoms with Crippen LogP contribution < -0.4 is 0 Å². The van der Waals surface area contributed by atoms with Crippen LogP contribution >= 0.6 is 0 Å². The van der Waals surface area contributed by atoms with Gasteiger partial charge in [0.15, 0.2) is 6.10 Å². The summed E-state index contributed by atoms with van der Waals surface area (Å²) in [6.45, 7) is 7.93. The van der Waals surface area contributed by atoms with Gasteiger partial charge in [-0.15, -0.1) is 0 Å². The lowest BCUT2D eigenvalue weighted by atomic mass is 10.1. The minimum atomic E-state index is -0.356. The molecule has 1 aliphatic heterocycles. The largest absolute Gasteiger partial charge is 0.461 e. The van der Waals surface area contributed by atoms with E-state index in [0.717, 1.165) is 19.3 Å². The number of hydrogen-bond donors (Lipinski definition) is 0. The molecule has 1 aliphatic rings. The molecule has 3 heteroatoms. The summed E-state index contributed by atoms with van der Waals surface area (Å²) in [5.74, 6) is -0.226. The van der Waals surface area contributed by atoms with Crippen LogP contribution in [0.4, 0.5) is 0 Å². The van der Waals surface area contributed by atoms with Crippen LogP contribution in [0, 0.1) is 0 Å². The Bertz CT molecular complexity index is 268. The standard InChI is InChI=1S/C13H22O3/c1-5-7-8-10(6-2)11-12(16-11)13(14)15-9(3)4/h8-9,11-12H,5-7H2,1-4H3/b10-8+/t11-,12-/m1/s1. The molecule has 0 spiro atoms. The minimum Gasteiger partial charge on any atom is -0.461 e. The van der Waals surface area contributed by atoms with Crippen LogP contribution in [0.1, 0.15) is 47.0 Å². The van der Waals surface area contributed by atoms with Gasteiger partial charge >= 0.3 is 5.97 Å². The van der Waals surface area contributed by atoms with Crippen LogP contribution in [0.3, 0.4) is 0 Å². The van der Waals surface area contributed by atoms with E-state index in [1.165, 1.54) is 5.57 Å². The average Bonchev–Trinajstić information content (AvgIpc) is 2.98. The molecule has 0 aromatic heterocycles. The second kappa shape index (κ2) is 6.04. The van der Waals surface area contributed by atoms with Crippen LogP contribution in [0.5, 0.6) is 0 Å². The molecule has 0 aromatic rings. The van der Waals surface area contributed by atoms with Crippen molar-refractivity contribution in [3.8, 4) is 0 Å². The van der Waals surface area contributed by atoms with E-state index in [2.05, 4.69) is 19.9 Å². The first-order valence-electron chi connectivity index (χ1n) is 6.15. The zero-order chi connectivity index (χ0) is 12.1. The fourth-order valence-electron chi connectivity index (χ4n) is 1.66. The summed E-state index contributed by atoms with van der Waals surface area (Å²) in [4.78, 5) is 11.5. The molecule has 0 amide bonds. The first-order valence-corrected chi connectivity index (χ1v) is 6.15. The van der Waals surface area contributed by atoms with Gasteiger partial charge in [0.1, 0.15) is 6.10 Å². The van der Waals surface area contributed by atoms with Crippen LogP contribution in [0.15, 0.2) is 11.6 Å². The summed E-state index contributed by atoms with van der Waals surface area (Å²) in [6.07, 6.45) is 4.85. The second-order valence-electron chi connectivity index (χ2n) is 4.38. The highest BCUT2D eigenvalue weighted by Crippen LogP contribution is 2.32. The molecule has 0 bridgehead atoms. The van der Waals surface area contributed by atoms with Crippen LogP contribution in [-0.4, -0.2) is 24.3 Å². The van der Waals surface area contributed by atoms with Crippen molar-refractivity contribution < 1.29 is 14.3 Å². The number of ether oxygens (including phenoxy) is 2. The molecule has 1 fully saturated rings. The smallest absolute Gasteiger partial charge is 0.338 e. The maximum Gasteiger partial charge on any atom is 0.338 e. The summed E-state index contributed by atoms with van der Waals surface area (Å²) in [6, 6.07) is 0. The Morgan fingerprint density at radius 2 is 2.06 bits per heavy atom. The van der Waals surface area contributed by atoms with Crippen LogP contribution in [-0.2, 0) is 14.3 Å². The Morgan fingerprint density at radius 3 is 2.56 bits per heavy atom. The third-order valence-corrected chi connectivity index (χ3v) is 2.54. The van der Waals surface area contributed by atoms with Crippen molar-refractivity contribution in [2.45, 2.75) is 65.3 Å². The molecule has 2 atom stereocenters. The van der Waals surface area contributed by atoms with Gasteiger partial charge in [0, 0.05) is 0 Å². The van der Waals surface area contributed by atoms with Crippen molar-refractivity contribution in [1.82, 2.24) is 0 Å². The van der Waals surface area contributed by atoms with Gasteiger partial charge in [-0.25, -0.2) is 4.79 Å². The number of allylic oxidation sites excluding steroid dienone is 1. The lowest BCUT2D eigenvalue weighted by Crippen LogP contribution is -2.18. The van der Waals surface area contributed by atoms with Crippen molar-refractivity contribution in [3.05, 3.63) is 11.6 Å². The number of carbonyl (C=O) groups excluding carboxylic acids is 1.